The van der Waals surface area contributed by atoms with Gasteiger partial charge in [0.25, 0.3) is 0 Å². The third-order valence-corrected chi connectivity index (χ3v) is 4.94. The third kappa shape index (κ3) is 3.41. The highest BCUT2D eigenvalue weighted by Crippen LogP contribution is 2.26. The Hall–Kier alpha value is -1.31. The molecule has 0 fully saturated rings. The van der Waals surface area contributed by atoms with E-state index in [1.165, 1.54) is 0 Å². The lowest BCUT2D eigenvalue weighted by atomic mass is 10.2. The zero-order valence-corrected chi connectivity index (χ0v) is 13.3. The summed E-state index contributed by atoms with van der Waals surface area (Å²) in [6.45, 7) is 1.95. The molecule has 1 aromatic heterocycles. The number of hydrogen-bond donors (Lipinski definition) is 2. The second-order valence-electron chi connectivity index (χ2n) is 4.35. The molecular formula is C13H15BrN2O3S. The fourth-order valence-electron chi connectivity index (χ4n) is 1.79. The van der Waals surface area contributed by atoms with Crippen molar-refractivity contribution in [3.05, 3.63) is 46.3 Å². The van der Waals surface area contributed by atoms with Gasteiger partial charge in [0.1, 0.15) is 5.76 Å². The van der Waals surface area contributed by atoms with E-state index >= 15 is 0 Å². The van der Waals surface area contributed by atoms with Crippen molar-refractivity contribution in [2.45, 2.75) is 18.2 Å². The Morgan fingerprint density at radius 2 is 2.15 bits per heavy atom. The Morgan fingerprint density at radius 1 is 1.40 bits per heavy atom. The molecule has 7 heteroatoms. The summed E-state index contributed by atoms with van der Waals surface area (Å²) in [4.78, 5) is 0.184. The van der Waals surface area contributed by atoms with Gasteiger partial charge in [-0.25, -0.2) is 13.1 Å². The van der Waals surface area contributed by atoms with E-state index in [0.29, 0.717) is 22.1 Å². The lowest BCUT2D eigenvalue weighted by Gasteiger charge is -2.11. The van der Waals surface area contributed by atoms with Crippen LogP contribution in [-0.2, 0) is 16.4 Å². The van der Waals surface area contributed by atoms with Gasteiger partial charge in [-0.3, -0.25) is 0 Å². The number of nitrogens with two attached hydrogens (primary N) is 1. The van der Waals surface area contributed by atoms with E-state index in [4.69, 9.17) is 10.2 Å². The summed E-state index contributed by atoms with van der Waals surface area (Å²) in [5, 5.41) is 0. The van der Waals surface area contributed by atoms with Crippen molar-refractivity contribution < 1.29 is 12.8 Å². The van der Waals surface area contributed by atoms with Crippen LogP contribution in [0.25, 0.3) is 0 Å². The molecular weight excluding hydrogens is 344 g/mol. The molecule has 0 unspecified atom stereocenters. The number of anilines is 1. The maximum absolute atomic E-state index is 12.3. The molecule has 20 heavy (non-hydrogen) atoms. The largest absolute Gasteiger partial charge is 0.469 e. The van der Waals surface area contributed by atoms with E-state index in [0.717, 1.165) is 5.76 Å². The summed E-state index contributed by atoms with van der Waals surface area (Å²) < 4.78 is 32.9. The molecule has 0 atom stereocenters. The van der Waals surface area contributed by atoms with Gasteiger partial charge >= 0.3 is 0 Å². The van der Waals surface area contributed by atoms with Gasteiger partial charge in [0.05, 0.1) is 11.2 Å². The molecule has 0 saturated heterocycles. The number of benzene rings is 1. The SMILES string of the molecule is Cc1c(N)cc(Br)cc1S(=O)(=O)NCCc1ccco1. The molecule has 2 aromatic rings. The van der Waals surface area contributed by atoms with Gasteiger partial charge in [0.2, 0.25) is 10.0 Å². The summed E-state index contributed by atoms with van der Waals surface area (Å²) in [7, 11) is -3.59. The van der Waals surface area contributed by atoms with Gasteiger partial charge in [-0.15, -0.1) is 0 Å². The van der Waals surface area contributed by atoms with Crippen LogP contribution in [0.15, 0.2) is 44.3 Å². The number of hydrogen-bond acceptors (Lipinski definition) is 4. The van der Waals surface area contributed by atoms with Crippen LogP contribution in [0.1, 0.15) is 11.3 Å². The zero-order valence-electron chi connectivity index (χ0n) is 10.9. The molecule has 108 valence electrons. The van der Waals surface area contributed by atoms with Crippen LogP contribution >= 0.6 is 15.9 Å². The Kier molecular flexibility index (Phi) is 4.52. The minimum atomic E-state index is -3.59. The van der Waals surface area contributed by atoms with Crippen molar-refractivity contribution in [2.24, 2.45) is 0 Å². The van der Waals surface area contributed by atoms with Crippen LogP contribution in [0.4, 0.5) is 5.69 Å². The second-order valence-corrected chi connectivity index (χ2v) is 7.00. The zero-order chi connectivity index (χ0) is 14.8. The summed E-state index contributed by atoms with van der Waals surface area (Å²) in [6.07, 6.45) is 2.05. The Morgan fingerprint density at radius 3 is 2.80 bits per heavy atom. The fourth-order valence-corrected chi connectivity index (χ4v) is 3.75. The summed E-state index contributed by atoms with van der Waals surface area (Å²) in [5.41, 5.74) is 6.76. The van der Waals surface area contributed by atoms with Crippen molar-refractivity contribution in [1.82, 2.24) is 4.72 Å². The number of sulfonamides is 1. The Bertz CT molecular complexity index is 697. The van der Waals surface area contributed by atoms with Crippen LogP contribution in [0, 0.1) is 6.92 Å². The van der Waals surface area contributed by atoms with Gasteiger partial charge in [0, 0.05) is 23.1 Å². The van der Waals surface area contributed by atoms with Crippen LogP contribution in [0.3, 0.4) is 0 Å². The molecule has 0 aliphatic heterocycles. The van der Waals surface area contributed by atoms with Crippen molar-refractivity contribution in [3.63, 3.8) is 0 Å². The lowest BCUT2D eigenvalue weighted by Crippen LogP contribution is -2.26. The van der Waals surface area contributed by atoms with Crippen LogP contribution in [0.5, 0.6) is 0 Å². The van der Waals surface area contributed by atoms with Crippen LogP contribution in [0.2, 0.25) is 0 Å². The van der Waals surface area contributed by atoms with Gasteiger partial charge in [-0.05, 0) is 36.8 Å². The first-order chi connectivity index (χ1) is 9.40. The molecule has 0 spiro atoms. The third-order valence-electron chi connectivity index (χ3n) is 2.90. The normalized spacial score (nSPS) is 11.7. The monoisotopic (exact) mass is 358 g/mol. The predicted octanol–water partition coefficient (Wildman–Crippen LogP) is 2.45. The van der Waals surface area contributed by atoms with E-state index in [1.54, 1.807) is 37.5 Å². The molecule has 0 amide bonds. The summed E-state index contributed by atoms with van der Waals surface area (Å²) >= 11 is 3.25. The molecule has 0 aliphatic rings. The molecule has 2 rings (SSSR count). The van der Waals surface area contributed by atoms with Gasteiger partial charge in [-0.2, -0.15) is 0 Å². The van der Waals surface area contributed by atoms with Crippen molar-refractivity contribution in [1.29, 1.82) is 0 Å². The minimum absolute atomic E-state index is 0.184. The van der Waals surface area contributed by atoms with Crippen molar-refractivity contribution in [2.75, 3.05) is 12.3 Å². The number of furan rings is 1. The van der Waals surface area contributed by atoms with E-state index in [2.05, 4.69) is 20.7 Å². The summed E-state index contributed by atoms with van der Waals surface area (Å²) in [5.74, 6) is 0.734. The maximum atomic E-state index is 12.3. The standard InChI is InChI=1S/C13H15BrN2O3S/c1-9-12(15)7-10(14)8-13(9)20(17,18)16-5-4-11-3-2-6-19-11/h2-3,6-8,16H,4-5,15H2,1H3. The molecule has 3 N–H and O–H groups in total. The number of rotatable bonds is 5. The highest BCUT2D eigenvalue weighted by Gasteiger charge is 2.18. The lowest BCUT2D eigenvalue weighted by molar-refractivity contribution is 0.506. The first-order valence-corrected chi connectivity index (χ1v) is 8.25. The highest BCUT2D eigenvalue weighted by atomic mass is 79.9. The molecule has 1 heterocycles. The van der Waals surface area contributed by atoms with E-state index in [-0.39, 0.29) is 11.4 Å². The molecule has 0 bridgehead atoms. The number of nitrogen functional groups attached to an aromatic ring is 1. The van der Waals surface area contributed by atoms with E-state index in [1.807, 2.05) is 0 Å². The topological polar surface area (TPSA) is 85.3 Å². The second kappa shape index (κ2) is 5.99. The van der Waals surface area contributed by atoms with Gasteiger partial charge < -0.3 is 10.2 Å². The summed E-state index contributed by atoms with van der Waals surface area (Å²) in [6, 6.07) is 6.79. The average molecular weight is 359 g/mol. The fraction of sp³-hybridized carbons (Fsp3) is 0.231. The predicted molar refractivity (Wildman–Crippen MR) is 80.9 cm³/mol. The van der Waals surface area contributed by atoms with Gasteiger partial charge in [-0.1, -0.05) is 15.9 Å². The maximum Gasteiger partial charge on any atom is 0.240 e. The average Bonchev–Trinajstić information content (AvgIpc) is 2.86. The number of nitrogens with one attached hydrogen (secondary N) is 1. The minimum Gasteiger partial charge on any atom is -0.469 e. The Balaban J connectivity index is 2.14. The first-order valence-electron chi connectivity index (χ1n) is 5.98. The highest BCUT2D eigenvalue weighted by molar-refractivity contribution is 9.10. The molecule has 5 nitrogen and oxygen atoms in total. The Labute approximate surface area is 126 Å². The smallest absolute Gasteiger partial charge is 0.240 e. The van der Waals surface area contributed by atoms with E-state index < -0.39 is 10.0 Å². The molecule has 0 saturated carbocycles. The molecule has 0 aliphatic carbocycles. The molecule has 0 radical (unpaired) electrons. The quantitative estimate of drug-likeness (QED) is 0.803. The first kappa shape index (κ1) is 15.1. The van der Waals surface area contributed by atoms with E-state index in [9.17, 15) is 8.42 Å². The van der Waals surface area contributed by atoms with Crippen molar-refractivity contribution >= 4 is 31.6 Å². The number of halogens is 1. The molecule has 1 aromatic carbocycles. The van der Waals surface area contributed by atoms with Gasteiger partial charge in [0.15, 0.2) is 0 Å². The van der Waals surface area contributed by atoms with Crippen LogP contribution in [-0.4, -0.2) is 15.0 Å². The van der Waals surface area contributed by atoms with Crippen molar-refractivity contribution in [3.8, 4) is 0 Å². The van der Waals surface area contributed by atoms with Crippen LogP contribution < -0.4 is 10.5 Å².